The van der Waals surface area contributed by atoms with Crippen molar-refractivity contribution in [3.8, 4) is 0 Å². The molecule has 2 aromatic rings. The highest BCUT2D eigenvalue weighted by Gasteiger charge is 2.33. The molecule has 2 aliphatic rings. The Morgan fingerprint density at radius 3 is 2.52 bits per heavy atom. The van der Waals surface area contributed by atoms with Crippen molar-refractivity contribution in [3.63, 3.8) is 0 Å². The summed E-state index contributed by atoms with van der Waals surface area (Å²) in [4.78, 5) is 17.4. The first kappa shape index (κ1) is 22.3. The molecule has 170 valence electrons. The number of rotatable bonds is 6. The molecular weight excluding hydrogens is 412 g/mol. The van der Waals surface area contributed by atoms with Gasteiger partial charge in [0.2, 0.25) is 15.9 Å². The van der Waals surface area contributed by atoms with E-state index in [1.807, 2.05) is 26.8 Å². The summed E-state index contributed by atoms with van der Waals surface area (Å²) in [5.41, 5.74) is 1.76. The minimum atomic E-state index is -3.60. The van der Waals surface area contributed by atoms with Gasteiger partial charge in [-0.1, -0.05) is 19.8 Å². The fourth-order valence-electron chi connectivity index (χ4n) is 4.95. The minimum Gasteiger partial charge on any atom is -0.353 e. The van der Waals surface area contributed by atoms with Gasteiger partial charge in [-0.2, -0.15) is 4.31 Å². The van der Waals surface area contributed by atoms with Crippen LogP contribution in [0.4, 0.5) is 0 Å². The zero-order chi connectivity index (χ0) is 22.2. The Hall–Kier alpha value is -1.93. The Kier molecular flexibility index (Phi) is 6.40. The maximum atomic E-state index is 13.3. The van der Waals surface area contributed by atoms with Gasteiger partial charge in [-0.15, -0.1) is 0 Å². The molecule has 0 spiro atoms. The first-order valence-electron chi connectivity index (χ1n) is 11.6. The molecule has 31 heavy (non-hydrogen) atoms. The fourth-order valence-corrected chi connectivity index (χ4v) is 6.44. The quantitative estimate of drug-likeness (QED) is 0.732. The van der Waals surface area contributed by atoms with Crippen LogP contribution in [0.5, 0.6) is 0 Å². The number of piperidine rings is 1. The zero-order valence-corrected chi connectivity index (χ0v) is 19.6. The van der Waals surface area contributed by atoms with E-state index in [0.717, 1.165) is 36.1 Å². The largest absolute Gasteiger partial charge is 0.353 e. The second-order valence-corrected chi connectivity index (χ2v) is 11.1. The SMILES string of the molecule is CC[C@H](C)NC(=O)C1CCN(S(=O)(=O)c2ccc3c(c2)nc(C)n3C2CCCC2)CC1. The van der Waals surface area contributed by atoms with Gasteiger partial charge in [0, 0.05) is 31.1 Å². The summed E-state index contributed by atoms with van der Waals surface area (Å²) in [6, 6.07) is 5.95. The molecular formula is C23H34N4O3S. The average Bonchev–Trinajstić information content (AvgIpc) is 3.39. The van der Waals surface area contributed by atoms with Crippen LogP contribution >= 0.6 is 0 Å². The number of amides is 1. The summed E-state index contributed by atoms with van der Waals surface area (Å²) >= 11 is 0. The second kappa shape index (κ2) is 8.90. The summed E-state index contributed by atoms with van der Waals surface area (Å²) in [6.45, 7) is 6.77. The van der Waals surface area contributed by atoms with Crippen LogP contribution in [-0.4, -0.2) is 47.3 Å². The van der Waals surface area contributed by atoms with E-state index in [9.17, 15) is 13.2 Å². The number of carbonyl (C=O) groups excluding carboxylic acids is 1. The van der Waals surface area contributed by atoms with Crippen LogP contribution < -0.4 is 5.32 Å². The van der Waals surface area contributed by atoms with Gasteiger partial charge in [0.1, 0.15) is 5.82 Å². The van der Waals surface area contributed by atoms with E-state index >= 15 is 0 Å². The van der Waals surface area contributed by atoms with Crippen LogP contribution in [0.15, 0.2) is 23.1 Å². The smallest absolute Gasteiger partial charge is 0.243 e. The molecule has 1 aliphatic heterocycles. The highest BCUT2D eigenvalue weighted by Crippen LogP contribution is 2.34. The van der Waals surface area contributed by atoms with E-state index in [0.29, 0.717) is 36.9 Å². The molecule has 4 rings (SSSR count). The Balaban J connectivity index is 1.49. The normalized spacial score (nSPS) is 20.4. The number of sulfonamides is 1. The van der Waals surface area contributed by atoms with Gasteiger partial charge in [0.25, 0.3) is 0 Å². The third-order valence-corrected chi connectivity index (χ3v) is 8.89. The first-order chi connectivity index (χ1) is 14.8. The molecule has 1 atom stereocenters. The second-order valence-electron chi connectivity index (χ2n) is 9.11. The maximum absolute atomic E-state index is 13.3. The van der Waals surface area contributed by atoms with Gasteiger partial charge >= 0.3 is 0 Å². The van der Waals surface area contributed by atoms with Crippen LogP contribution in [-0.2, 0) is 14.8 Å². The van der Waals surface area contributed by atoms with Crippen molar-refractivity contribution in [2.24, 2.45) is 5.92 Å². The van der Waals surface area contributed by atoms with Crippen LogP contribution in [0.3, 0.4) is 0 Å². The van der Waals surface area contributed by atoms with Crippen LogP contribution in [0.1, 0.15) is 70.7 Å². The van der Waals surface area contributed by atoms with Crippen molar-refractivity contribution >= 4 is 27.0 Å². The summed E-state index contributed by atoms with van der Waals surface area (Å²) in [5.74, 6) is 0.873. The number of hydrogen-bond acceptors (Lipinski definition) is 4. The number of aryl methyl sites for hydroxylation is 1. The third kappa shape index (κ3) is 4.37. The van der Waals surface area contributed by atoms with E-state index in [-0.39, 0.29) is 17.9 Å². The molecule has 1 saturated heterocycles. The summed E-state index contributed by atoms with van der Waals surface area (Å²) < 4.78 is 30.3. The van der Waals surface area contributed by atoms with E-state index in [2.05, 4.69) is 14.9 Å². The van der Waals surface area contributed by atoms with E-state index in [4.69, 9.17) is 0 Å². The molecule has 1 saturated carbocycles. The first-order valence-corrected chi connectivity index (χ1v) is 13.0. The predicted octanol–water partition coefficient (Wildman–Crippen LogP) is 3.78. The monoisotopic (exact) mass is 446 g/mol. The molecule has 2 heterocycles. The molecule has 1 N–H and O–H groups in total. The summed E-state index contributed by atoms with van der Waals surface area (Å²) in [7, 11) is -3.60. The average molecular weight is 447 g/mol. The number of hydrogen-bond donors (Lipinski definition) is 1. The Bertz CT molecular complexity index is 1050. The maximum Gasteiger partial charge on any atom is 0.243 e. The van der Waals surface area contributed by atoms with Crippen molar-refractivity contribution in [2.75, 3.05) is 13.1 Å². The highest BCUT2D eigenvalue weighted by atomic mass is 32.2. The van der Waals surface area contributed by atoms with Gasteiger partial charge in [-0.25, -0.2) is 13.4 Å². The van der Waals surface area contributed by atoms with Crippen LogP contribution in [0.2, 0.25) is 0 Å². The van der Waals surface area contributed by atoms with Crippen LogP contribution in [0, 0.1) is 12.8 Å². The number of aromatic nitrogens is 2. The number of nitrogens with one attached hydrogen (secondary N) is 1. The Morgan fingerprint density at radius 2 is 1.87 bits per heavy atom. The lowest BCUT2D eigenvalue weighted by Gasteiger charge is -2.31. The highest BCUT2D eigenvalue weighted by molar-refractivity contribution is 7.89. The number of imidazole rings is 1. The lowest BCUT2D eigenvalue weighted by Crippen LogP contribution is -2.44. The molecule has 1 aromatic heterocycles. The number of nitrogens with zero attached hydrogens (tertiary/aromatic N) is 3. The molecule has 0 unspecified atom stereocenters. The summed E-state index contributed by atoms with van der Waals surface area (Å²) in [6.07, 6.45) is 6.79. The third-order valence-electron chi connectivity index (χ3n) is 6.99. The van der Waals surface area contributed by atoms with Crippen molar-refractivity contribution in [1.82, 2.24) is 19.2 Å². The Morgan fingerprint density at radius 1 is 1.19 bits per heavy atom. The van der Waals surface area contributed by atoms with E-state index in [1.165, 1.54) is 17.1 Å². The molecule has 1 aliphatic carbocycles. The fraction of sp³-hybridized carbons (Fsp3) is 0.652. The number of fused-ring (bicyclic) bond motifs is 1. The van der Waals surface area contributed by atoms with Crippen molar-refractivity contribution in [3.05, 3.63) is 24.0 Å². The van der Waals surface area contributed by atoms with Gasteiger partial charge in [-0.05, 0) is 64.2 Å². The van der Waals surface area contributed by atoms with Crippen molar-refractivity contribution in [2.45, 2.75) is 82.7 Å². The minimum absolute atomic E-state index is 0.0424. The van der Waals surface area contributed by atoms with Gasteiger partial charge in [0.05, 0.1) is 15.9 Å². The lowest BCUT2D eigenvalue weighted by atomic mass is 9.97. The number of benzene rings is 1. The Labute approximate surface area is 185 Å². The van der Waals surface area contributed by atoms with Gasteiger partial charge < -0.3 is 9.88 Å². The topological polar surface area (TPSA) is 84.3 Å². The lowest BCUT2D eigenvalue weighted by molar-refractivity contribution is -0.126. The molecule has 1 amide bonds. The molecule has 8 heteroatoms. The zero-order valence-electron chi connectivity index (χ0n) is 18.8. The van der Waals surface area contributed by atoms with Gasteiger partial charge in [-0.3, -0.25) is 4.79 Å². The van der Waals surface area contributed by atoms with Crippen molar-refractivity contribution in [1.29, 1.82) is 0 Å². The van der Waals surface area contributed by atoms with Crippen LogP contribution in [0.25, 0.3) is 11.0 Å². The molecule has 7 nitrogen and oxygen atoms in total. The van der Waals surface area contributed by atoms with E-state index in [1.54, 1.807) is 12.1 Å². The standard InChI is InChI=1S/C23H34N4O3S/c1-4-16(2)24-23(28)18-11-13-26(14-12-18)31(29,30)20-9-10-22-21(15-20)25-17(3)27(22)19-7-5-6-8-19/h9-10,15-16,18-19H,4-8,11-14H2,1-3H3,(H,24,28)/t16-/m0/s1. The molecule has 2 fully saturated rings. The van der Waals surface area contributed by atoms with Crippen molar-refractivity contribution < 1.29 is 13.2 Å². The predicted molar refractivity (Wildman–Crippen MR) is 121 cm³/mol. The molecule has 0 radical (unpaired) electrons. The van der Waals surface area contributed by atoms with Gasteiger partial charge in [0.15, 0.2) is 0 Å². The summed E-state index contributed by atoms with van der Waals surface area (Å²) in [5, 5.41) is 3.02. The molecule has 1 aromatic carbocycles. The number of carbonyl (C=O) groups is 1. The van der Waals surface area contributed by atoms with E-state index < -0.39 is 10.0 Å². The molecule has 0 bridgehead atoms.